The van der Waals surface area contributed by atoms with Gasteiger partial charge in [0.05, 0.1) is 19.8 Å². The molecule has 2 aromatic rings. The number of methoxy groups -OCH3 is 1. The Morgan fingerprint density at radius 1 is 1.21 bits per heavy atom. The number of esters is 1. The Morgan fingerprint density at radius 3 is 2.34 bits per heavy atom. The zero-order valence-corrected chi connectivity index (χ0v) is 19.3. The number of hydrogen-bond acceptors (Lipinski definition) is 5. The van der Waals surface area contributed by atoms with E-state index in [0.717, 1.165) is 5.56 Å². The third kappa shape index (κ3) is 5.13. The minimum absolute atomic E-state index is 0.0385. The third-order valence-electron chi connectivity index (χ3n) is 5.48. The molecule has 1 atom stereocenters. The van der Waals surface area contributed by atoms with Crippen molar-refractivity contribution in [2.45, 2.75) is 44.9 Å². The molecule has 1 heterocycles. The fourth-order valence-electron chi connectivity index (χ4n) is 2.62. The van der Waals surface area contributed by atoms with E-state index in [2.05, 4.69) is 44.3 Å². The van der Waals surface area contributed by atoms with Crippen LogP contribution in [0.15, 0.2) is 36.4 Å². The molecule has 0 aliphatic rings. The van der Waals surface area contributed by atoms with Gasteiger partial charge in [-0.25, -0.2) is 9.48 Å². The molecule has 0 fully saturated rings. The second-order valence-corrected chi connectivity index (χ2v) is 13.2. The van der Waals surface area contributed by atoms with E-state index in [0.29, 0.717) is 6.61 Å². The van der Waals surface area contributed by atoms with Crippen LogP contribution in [0.1, 0.15) is 53.4 Å². The van der Waals surface area contributed by atoms with E-state index in [1.807, 2.05) is 30.3 Å². The van der Waals surface area contributed by atoms with Crippen LogP contribution in [0.5, 0.6) is 0 Å². The van der Waals surface area contributed by atoms with E-state index in [1.165, 1.54) is 20.2 Å². The molecule has 1 aromatic heterocycles. The quantitative estimate of drug-likeness (QED) is 0.549. The van der Waals surface area contributed by atoms with Crippen molar-refractivity contribution in [1.29, 1.82) is 0 Å². The van der Waals surface area contributed by atoms with Crippen LogP contribution in [0.2, 0.25) is 18.1 Å². The maximum Gasteiger partial charge on any atom is 0.356 e. The van der Waals surface area contributed by atoms with Crippen molar-refractivity contribution in [3.05, 3.63) is 53.3 Å². The summed E-state index contributed by atoms with van der Waals surface area (Å²) in [6, 6.07) is 10.8. The number of rotatable bonds is 7. The number of nitrogens with one attached hydrogen (secondary N) is 1. The first kappa shape index (κ1) is 22.8. The summed E-state index contributed by atoms with van der Waals surface area (Å²) in [7, 11) is 0.786. The van der Waals surface area contributed by atoms with Crippen molar-refractivity contribution < 1.29 is 18.8 Å². The summed E-state index contributed by atoms with van der Waals surface area (Å²) >= 11 is 0. The summed E-state index contributed by atoms with van der Waals surface area (Å²) in [6.07, 6.45) is 0. The lowest BCUT2D eigenvalue weighted by molar-refractivity contribution is 0.0582. The molecule has 0 aliphatic heterocycles. The van der Waals surface area contributed by atoms with E-state index < -0.39 is 14.3 Å². The number of benzene rings is 1. The van der Waals surface area contributed by atoms with Gasteiger partial charge >= 0.3 is 5.97 Å². The summed E-state index contributed by atoms with van der Waals surface area (Å²) in [5.41, 5.74) is 1.29. The van der Waals surface area contributed by atoms with Gasteiger partial charge in [-0.2, -0.15) is 5.10 Å². The third-order valence-corrected chi connectivity index (χ3v) is 9.98. The van der Waals surface area contributed by atoms with Crippen molar-refractivity contribution in [3.63, 3.8) is 0 Å². The molecule has 2 rings (SSSR count). The van der Waals surface area contributed by atoms with Gasteiger partial charge < -0.3 is 14.5 Å². The summed E-state index contributed by atoms with van der Waals surface area (Å²) in [5, 5.41) is 7.01. The molecule has 0 radical (unpaired) electrons. The zero-order valence-electron chi connectivity index (χ0n) is 18.3. The fourth-order valence-corrected chi connectivity index (χ4v) is 3.62. The highest BCUT2D eigenvalue weighted by Gasteiger charge is 2.38. The smallest absolute Gasteiger partial charge is 0.356 e. The van der Waals surface area contributed by atoms with Gasteiger partial charge in [0, 0.05) is 13.1 Å². The van der Waals surface area contributed by atoms with E-state index in [9.17, 15) is 9.59 Å². The van der Waals surface area contributed by atoms with Gasteiger partial charge in [-0.1, -0.05) is 51.1 Å². The largest absolute Gasteiger partial charge is 0.464 e. The van der Waals surface area contributed by atoms with E-state index >= 15 is 0 Å². The van der Waals surface area contributed by atoms with Crippen molar-refractivity contribution in [2.24, 2.45) is 0 Å². The molecule has 1 N–H and O–H groups in total. The van der Waals surface area contributed by atoms with Crippen LogP contribution in [0.4, 0.5) is 0 Å². The van der Waals surface area contributed by atoms with Gasteiger partial charge in [0.1, 0.15) is 5.69 Å². The Bertz CT molecular complexity index is 857. The van der Waals surface area contributed by atoms with Crippen LogP contribution in [-0.2, 0) is 9.16 Å². The predicted molar refractivity (Wildman–Crippen MR) is 115 cm³/mol. The van der Waals surface area contributed by atoms with Crippen LogP contribution in [0.25, 0.3) is 0 Å². The Labute approximate surface area is 173 Å². The van der Waals surface area contributed by atoms with Gasteiger partial charge in [0.15, 0.2) is 14.0 Å². The minimum Gasteiger partial charge on any atom is -0.464 e. The summed E-state index contributed by atoms with van der Waals surface area (Å²) in [5.74, 6) is -0.924. The molecule has 158 valence electrons. The lowest BCUT2D eigenvalue weighted by atomic mass is 10.1. The normalized spacial score (nSPS) is 13.1. The Balaban J connectivity index is 2.53. The molecule has 0 unspecified atom stereocenters. The van der Waals surface area contributed by atoms with Gasteiger partial charge in [-0.3, -0.25) is 4.79 Å². The molecular weight excluding hydrogens is 386 g/mol. The number of aromatic nitrogens is 2. The molecule has 7 nitrogen and oxygen atoms in total. The van der Waals surface area contributed by atoms with Crippen molar-refractivity contribution >= 4 is 20.2 Å². The fraction of sp³-hybridized carbons (Fsp3) is 0.476. The second-order valence-electron chi connectivity index (χ2n) is 8.43. The number of nitrogens with zero attached hydrogens (tertiary/aromatic N) is 2. The highest BCUT2D eigenvalue weighted by molar-refractivity contribution is 6.74. The maximum atomic E-state index is 12.4. The summed E-state index contributed by atoms with van der Waals surface area (Å²) in [4.78, 5) is 24.5. The number of hydrogen-bond donors (Lipinski definition) is 1. The van der Waals surface area contributed by atoms with Crippen LogP contribution in [0, 0.1) is 0 Å². The molecule has 0 spiro atoms. The molecule has 29 heavy (non-hydrogen) atoms. The van der Waals surface area contributed by atoms with Crippen LogP contribution in [-0.4, -0.2) is 50.7 Å². The van der Waals surface area contributed by atoms with Crippen molar-refractivity contribution in [3.8, 4) is 0 Å². The lowest BCUT2D eigenvalue weighted by Gasteiger charge is -2.37. The van der Waals surface area contributed by atoms with E-state index in [1.54, 1.807) is 4.68 Å². The van der Waals surface area contributed by atoms with Crippen molar-refractivity contribution in [2.75, 3.05) is 20.8 Å². The predicted octanol–water partition coefficient (Wildman–Crippen LogP) is 3.64. The summed E-state index contributed by atoms with van der Waals surface area (Å²) < 4.78 is 12.9. The van der Waals surface area contributed by atoms with Crippen LogP contribution < -0.4 is 5.32 Å². The molecule has 1 aromatic carbocycles. The first-order chi connectivity index (χ1) is 13.5. The van der Waals surface area contributed by atoms with Crippen LogP contribution >= 0.6 is 0 Å². The molecular formula is C21H31N3O4Si. The topological polar surface area (TPSA) is 82.5 Å². The Kier molecular flexibility index (Phi) is 7.02. The number of ether oxygens (including phenoxy) is 1. The molecule has 1 amide bonds. The van der Waals surface area contributed by atoms with Gasteiger partial charge in [0.2, 0.25) is 0 Å². The summed E-state index contributed by atoms with van der Waals surface area (Å²) in [6.45, 7) is 11.2. The first-order valence-electron chi connectivity index (χ1n) is 9.60. The SMILES string of the molecule is CNC(=O)c1cc(C(=O)OC)n([C@@H](CO[Si](C)(C)C(C)(C)C)c2ccccc2)n1. The van der Waals surface area contributed by atoms with Crippen molar-refractivity contribution in [1.82, 2.24) is 15.1 Å². The molecule has 0 saturated carbocycles. The van der Waals surface area contributed by atoms with E-state index in [4.69, 9.17) is 9.16 Å². The second kappa shape index (κ2) is 8.92. The van der Waals surface area contributed by atoms with Gasteiger partial charge in [-0.15, -0.1) is 0 Å². The molecule has 0 bridgehead atoms. The average Bonchev–Trinajstić information content (AvgIpc) is 3.12. The lowest BCUT2D eigenvalue weighted by Crippen LogP contribution is -2.42. The monoisotopic (exact) mass is 417 g/mol. The molecule has 8 heteroatoms. The number of carbonyl (C=O) groups excluding carboxylic acids is 2. The standard InChI is InChI=1S/C21H31N3O4Si/c1-21(2,3)29(6,7)28-14-18(15-11-9-8-10-12-15)24-17(20(26)27-5)13-16(23-24)19(25)22-4/h8-13,18H,14H2,1-7H3,(H,22,25)/t18-/m0/s1. The zero-order chi connectivity index (χ0) is 21.8. The highest BCUT2D eigenvalue weighted by Crippen LogP contribution is 2.37. The van der Waals surface area contributed by atoms with E-state index in [-0.39, 0.29) is 28.4 Å². The van der Waals surface area contributed by atoms with Gasteiger partial charge in [0.25, 0.3) is 5.91 Å². The highest BCUT2D eigenvalue weighted by atomic mass is 28.4. The average molecular weight is 418 g/mol. The van der Waals surface area contributed by atoms with Crippen LogP contribution in [0.3, 0.4) is 0 Å². The maximum absolute atomic E-state index is 12.4. The minimum atomic E-state index is -2.04. The first-order valence-corrected chi connectivity index (χ1v) is 12.5. The molecule has 0 aliphatic carbocycles. The number of carbonyl (C=O) groups is 2. The van der Waals surface area contributed by atoms with Gasteiger partial charge in [-0.05, 0) is 23.7 Å². The Morgan fingerprint density at radius 2 is 1.83 bits per heavy atom. The molecule has 0 saturated heterocycles. The number of amides is 1. The Hall–Kier alpha value is -2.45.